The van der Waals surface area contributed by atoms with Crippen molar-refractivity contribution in [2.75, 3.05) is 18.4 Å². The van der Waals surface area contributed by atoms with Crippen molar-refractivity contribution in [2.45, 2.75) is 12.5 Å². The van der Waals surface area contributed by atoms with Gasteiger partial charge in [-0.05, 0) is 22.9 Å². The van der Waals surface area contributed by atoms with E-state index in [-0.39, 0.29) is 18.2 Å². The van der Waals surface area contributed by atoms with Gasteiger partial charge in [-0.25, -0.2) is 0 Å². The second-order valence-corrected chi connectivity index (χ2v) is 5.11. The van der Waals surface area contributed by atoms with Crippen LogP contribution in [0.5, 0.6) is 0 Å². The fourth-order valence-electron chi connectivity index (χ4n) is 2.48. The number of piperazine rings is 1. The molecule has 1 saturated heterocycles. The van der Waals surface area contributed by atoms with Crippen LogP contribution in [0.15, 0.2) is 42.5 Å². The number of carbonyl (C=O) groups excluding carboxylic acids is 2. The highest BCUT2D eigenvalue weighted by atomic mass is 16.2. The van der Waals surface area contributed by atoms with Crippen molar-refractivity contribution in [1.82, 2.24) is 10.6 Å². The van der Waals surface area contributed by atoms with Crippen LogP contribution in [-0.4, -0.2) is 30.9 Å². The van der Waals surface area contributed by atoms with Crippen molar-refractivity contribution < 1.29 is 9.59 Å². The number of rotatable bonds is 3. The lowest BCUT2D eigenvalue weighted by molar-refractivity contribution is -0.127. The highest BCUT2D eigenvalue weighted by Crippen LogP contribution is 2.19. The summed E-state index contributed by atoms with van der Waals surface area (Å²) in [4.78, 5) is 23.6. The molecule has 2 amide bonds. The van der Waals surface area contributed by atoms with Crippen molar-refractivity contribution in [3.8, 4) is 0 Å². The largest absolute Gasteiger partial charge is 0.353 e. The third-order valence-corrected chi connectivity index (χ3v) is 3.55. The minimum Gasteiger partial charge on any atom is -0.353 e. The van der Waals surface area contributed by atoms with E-state index in [4.69, 9.17) is 0 Å². The van der Waals surface area contributed by atoms with Crippen LogP contribution in [0.2, 0.25) is 0 Å². The van der Waals surface area contributed by atoms with Gasteiger partial charge in [0.2, 0.25) is 11.8 Å². The van der Waals surface area contributed by atoms with Gasteiger partial charge in [0.25, 0.3) is 0 Å². The molecule has 1 unspecified atom stereocenters. The number of carbonyl (C=O) groups is 2. The third kappa shape index (κ3) is 3.20. The molecule has 3 N–H and O–H groups in total. The summed E-state index contributed by atoms with van der Waals surface area (Å²) in [5.41, 5.74) is 0.745. The minimum atomic E-state index is -0.445. The standard InChI is InChI=1S/C16H17N3O2/c20-15(10-14-16(21)18-8-7-17-14)19-13-6-5-11-3-1-2-4-12(11)9-13/h1-6,9,14,17H,7-8,10H2,(H,18,21)(H,19,20). The Labute approximate surface area is 122 Å². The molecule has 1 aliphatic heterocycles. The maximum absolute atomic E-state index is 12.0. The molecule has 21 heavy (non-hydrogen) atoms. The van der Waals surface area contributed by atoms with Gasteiger partial charge in [-0.2, -0.15) is 0 Å². The second kappa shape index (κ2) is 5.93. The molecule has 0 aromatic heterocycles. The van der Waals surface area contributed by atoms with E-state index in [1.165, 1.54) is 0 Å². The normalized spacial score (nSPS) is 18.3. The average molecular weight is 283 g/mol. The number of fused-ring (bicyclic) bond motifs is 1. The molecule has 5 nitrogen and oxygen atoms in total. The van der Waals surface area contributed by atoms with Gasteiger partial charge in [-0.1, -0.05) is 30.3 Å². The van der Waals surface area contributed by atoms with Gasteiger partial charge in [0.15, 0.2) is 0 Å². The molecule has 1 atom stereocenters. The van der Waals surface area contributed by atoms with Crippen LogP contribution in [0.1, 0.15) is 6.42 Å². The summed E-state index contributed by atoms with van der Waals surface area (Å²) in [6.45, 7) is 1.31. The molecule has 0 bridgehead atoms. The number of amides is 2. The molecule has 2 aromatic rings. The van der Waals surface area contributed by atoms with Gasteiger partial charge in [0.1, 0.15) is 0 Å². The number of hydrogen-bond donors (Lipinski definition) is 3. The smallest absolute Gasteiger partial charge is 0.237 e. The molecular formula is C16H17N3O2. The Kier molecular flexibility index (Phi) is 3.83. The van der Waals surface area contributed by atoms with Crippen molar-refractivity contribution in [1.29, 1.82) is 0 Å². The van der Waals surface area contributed by atoms with Crippen LogP contribution in [0, 0.1) is 0 Å². The first kappa shape index (κ1) is 13.6. The summed E-state index contributed by atoms with van der Waals surface area (Å²) in [6.07, 6.45) is 0.138. The van der Waals surface area contributed by atoms with Crippen molar-refractivity contribution in [2.24, 2.45) is 0 Å². The van der Waals surface area contributed by atoms with E-state index < -0.39 is 6.04 Å². The zero-order chi connectivity index (χ0) is 14.7. The van der Waals surface area contributed by atoms with E-state index in [0.717, 1.165) is 16.5 Å². The summed E-state index contributed by atoms with van der Waals surface area (Å²) < 4.78 is 0. The van der Waals surface area contributed by atoms with Gasteiger partial charge >= 0.3 is 0 Å². The van der Waals surface area contributed by atoms with Gasteiger partial charge in [0.05, 0.1) is 12.5 Å². The molecule has 2 aromatic carbocycles. The first-order chi connectivity index (χ1) is 10.2. The number of benzene rings is 2. The Morgan fingerprint density at radius 2 is 1.95 bits per heavy atom. The zero-order valence-electron chi connectivity index (χ0n) is 11.6. The molecule has 1 heterocycles. The lowest BCUT2D eigenvalue weighted by Crippen LogP contribution is -2.53. The van der Waals surface area contributed by atoms with Gasteiger partial charge in [-0.15, -0.1) is 0 Å². The van der Waals surface area contributed by atoms with E-state index >= 15 is 0 Å². The molecule has 108 valence electrons. The number of anilines is 1. The Morgan fingerprint density at radius 1 is 1.14 bits per heavy atom. The van der Waals surface area contributed by atoms with Crippen LogP contribution < -0.4 is 16.0 Å². The molecule has 1 fully saturated rings. The molecule has 0 aliphatic carbocycles. The van der Waals surface area contributed by atoms with Crippen molar-refractivity contribution >= 4 is 28.3 Å². The first-order valence-electron chi connectivity index (χ1n) is 7.02. The Hall–Kier alpha value is -2.40. The first-order valence-corrected chi connectivity index (χ1v) is 7.02. The number of hydrogen-bond acceptors (Lipinski definition) is 3. The summed E-state index contributed by atoms with van der Waals surface area (Å²) in [6, 6.07) is 13.3. The maximum atomic E-state index is 12.0. The minimum absolute atomic E-state index is 0.116. The lowest BCUT2D eigenvalue weighted by Gasteiger charge is -2.22. The monoisotopic (exact) mass is 283 g/mol. The predicted octanol–water partition coefficient (Wildman–Crippen LogP) is 1.26. The van der Waals surface area contributed by atoms with Gasteiger partial charge in [0, 0.05) is 18.8 Å². The third-order valence-electron chi connectivity index (χ3n) is 3.55. The fourth-order valence-corrected chi connectivity index (χ4v) is 2.48. The van der Waals surface area contributed by atoms with Crippen molar-refractivity contribution in [3.05, 3.63) is 42.5 Å². The van der Waals surface area contributed by atoms with Crippen LogP contribution in [0.25, 0.3) is 10.8 Å². The average Bonchev–Trinajstić information content (AvgIpc) is 2.49. The van der Waals surface area contributed by atoms with E-state index in [1.807, 2.05) is 42.5 Å². The topological polar surface area (TPSA) is 70.2 Å². The van der Waals surface area contributed by atoms with Gasteiger partial charge in [-0.3, -0.25) is 9.59 Å². The summed E-state index contributed by atoms with van der Waals surface area (Å²) in [7, 11) is 0. The van der Waals surface area contributed by atoms with E-state index in [1.54, 1.807) is 0 Å². The summed E-state index contributed by atoms with van der Waals surface area (Å²) in [5, 5.41) is 10.8. The second-order valence-electron chi connectivity index (χ2n) is 5.11. The molecule has 5 heteroatoms. The van der Waals surface area contributed by atoms with Crippen LogP contribution in [-0.2, 0) is 9.59 Å². The number of nitrogens with one attached hydrogen (secondary N) is 3. The molecular weight excluding hydrogens is 266 g/mol. The van der Waals surface area contributed by atoms with Crippen LogP contribution in [0.4, 0.5) is 5.69 Å². The molecule has 3 rings (SSSR count). The fraction of sp³-hybridized carbons (Fsp3) is 0.250. The van der Waals surface area contributed by atoms with Crippen LogP contribution in [0.3, 0.4) is 0 Å². The zero-order valence-corrected chi connectivity index (χ0v) is 11.6. The van der Waals surface area contributed by atoms with E-state index in [9.17, 15) is 9.59 Å². The van der Waals surface area contributed by atoms with E-state index in [2.05, 4.69) is 16.0 Å². The highest BCUT2D eigenvalue weighted by Gasteiger charge is 2.23. The Morgan fingerprint density at radius 3 is 2.76 bits per heavy atom. The Bertz CT molecular complexity index is 684. The Balaban J connectivity index is 1.66. The summed E-state index contributed by atoms with van der Waals surface area (Å²) >= 11 is 0. The SMILES string of the molecule is O=C(CC1NCCNC1=O)Nc1ccc2ccccc2c1. The molecule has 0 saturated carbocycles. The molecule has 0 radical (unpaired) electrons. The van der Waals surface area contributed by atoms with Crippen LogP contribution >= 0.6 is 0 Å². The maximum Gasteiger partial charge on any atom is 0.237 e. The van der Waals surface area contributed by atoms with Gasteiger partial charge < -0.3 is 16.0 Å². The quantitative estimate of drug-likeness (QED) is 0.794. The molecule has 0 spiro atoms. The summed E-state index contributed by atoms with van der Waals surface area (Å²) in [5.74, 6) is -0.283. The highest BCUT2D eigenvalue weighted by molar-refractivity contribution is 5.97. The predicted molar refractivity (Wildman–Crippen MR) is 82.0 cm³/mol. The molecule has 1 aliphatic rings. The van der Waals surface area contributed by atoms with E-state index in [0.29, 0.717) is 13.1 Å². The van der Waals surface area contributed by atoms with Crippen molar-refractivity contribution in [3.63, 3.8) is 0 Å². The lowest BCUT2D eigenvalue weighted by atomic mass is 10.1.